The van der Waals surface area contributed by atoms with E-state index in [1.807, 2.05) is 6.92 Å². The summed E-state index contributed by atoms with van der Waals surface area (Å²) in [5.41, 5.74) is 0. The minimum atomic E-state index is -2.30. The second-order valence-corrected chi connectivity index (χ2v) is 5.37. The van der Waals surface area contributed by atoms with E-state index in [4.69, 9.17) is 25.8 Å². The molecule has 0 unspecified atom stereocenters. The molecule has 16 heavy (non-hydrogen) atoms. The smallest absolute Gasteiger partial charge is 0.451 e. The van der Waals surface area contributed by atoms with E-state index in [-0.39, 0.29) is 0 Å². The number of ether oxygens (including phenoxy) is 1. The summed E-state index contributed by atoms with van der Waals surface area (Å²) in [5.74, 6) is -0.896. The third-order valence-electron chi connectivity index (χ3n) is 1.50. The van der Waals surface area contributed by atoms with Crippen LogP contribution in [0.25, 0.3) is 0 Å². The highest BCUT2D eigenvalue weighted by Crippen LogP contribution is 2.01. The zero-order chi connectivity index (χ0) is 12.6. The van der Waals surface area contributed by atoms with Crippen LogP contribution in [-0.4, -0.2) is 32.9 Å². The molecular weight excluding hydrogens is 248 g/mol. The highest BCUT2D eigenvalue weighted by molar-refractivity contribution is 7.80. The van der Waals surface area contributed by atoms with Gasteiger partial charge in [0, 0.05) is 26.3 Å². The molecular formula is C9H16O5SSi. The Bertz CT molecular complexity index is 253. The zero-order valence-corrected chi connectivity index (χ0v) is 11.6. The molecule has 0 aliphatic rings. The van der Waals surface area contributed by atoms with Crippen molar-refractivity contribution in [2.75, 3.05) is 6.61 Å². The van der Waals surface area contributed by atoms with Crippen molar-refractivity contribution in [1.29, 1.82) is 0 Å². The fraction of sp³-hybridized carbons (Fsp3) is 0.667. The van der Waals surface area contributed by atoms with E-state index in [0.717, 1.165) is 0 Å². The molecule has 0 aliphatic heterocycles. The first-order valence-corrected chi connectivity index (χ1v) is 7.12. The van der Waals surface area contributed by atoms with Crippen molar-refractivity contribution in [1.82, 2.24) is 0 Å². The van der Waals surface area contributed by atoms with Crippen molar-refractivity contribution in [3.8, 4) is 0 Å². The minimum Gasteiger partial charge on any atom is -0.487 e. The fourth-order valence-electron chi connectivity index (χ4n) is 0.883. The Morgan fingerprint density at radius 3 is 2.06 bits per heavy atom. The number of hydrogen-bond acceptors (Lipinski definition) is 6. The van der Waals surface area contributed by atoms with Crippen LogP contribution in [0.1, 0.15) is 27.2 Å². The van der Waals surface area contributed by atoms with Gasteiger partial charge in [-0.05, 0) is 12.2 Å². The summed E-state index contributed by atoms with van der Waals surface area (Å²) in [6, 6.07) is 0.402. The van der Waals surface area contributed by atoms with Crippen LogP contribution in [0, 0.1) is 0 Å². The Balaban J connectivity index is 3.96. The normalized spacial score (nSPS) is 9.75. The van der Waals surface area contributed by atoms with Crippen LogP contribution in [0.3, 0.4) is 0 Å². The summed E-state index contributed by atoms with van der Waals surface area (Å²) in [5, 5.41) is 0.499. The van der Waals surface area contributed by atoms with Gasteiger partial charge in [-0.15, -0.1) is 0 Å². The van der Waals surface area contributed by atoms with Crippen LogP contribution in [-0.2, 0) is 23.2 Å². The average molecular weight is 264 g/mol. The van der Waals surface area contributed by atoms with Crippen LogP contribution < -0.4 is 0 Å². The largest absolute Gasteiger partial charge is 0.487 e. The molecule has 5 nitrogen and oxygen atoms in total. The first-order chi connectivity index (χ1) is 7.45. The highest BCUT2D eigenvalue weighted by atomic mass is 32.1. The van der Waals surface area contributed by atoms with E-state index in [2.05, 4.69) is 0 Å². The number of hydrogen-bond donors (Lipinski definition) is 0. The number of carbonyl (C=O) groups is 2. The summed E-state index contributed by atoms with van der Waals surface area (Å²) in [6.45, 7) is 4.75. The number of rotatable bonds is 6. The molecule has 0 atom stereocenters. The molecule has 0 radical (unpaired) electrons. The van der Waals surface area contributed by atoms with Crippen LogP contribution in [0.4, 0.5) is 0 Å². The van der Waals surface area contributed by atoms with Gasteiger partial charge in [0.25, 0.3) is 11.9 Å². The molecule has 0 saturated carbocycles. The molecule has 7 heteroatoms. The van der Waals surface area contributed by atoms with Crippen LogP contribution in [0.5, 0.6) is 0 Å². The van der Waals surface area contributed by atoms with E-state index < -0.39 is 21.2 Å². The topological polar surface area (TPSA) is 61.8 Å². The monoisotopic (exact) mass is 264 g/mol. The SMILES string of the molecule is CCC(=S)OCC[SiH](OC(C)=O)OC(C)=O. The summed E-state index contributed by atoms with van der Waals surface area (Å²) < 4.78 is 15.0. The van der Waals surface area contributed by atoms with Gasteiger partial charge in [-0.2, -0.15) is 0 Å². The first-order valence-electron chi connectivity index (χ1n) is 4.95. The lowest BCUT2D eigenvalue weighted by molar-refractivity contribution is -0.137. The van der Waals surface area contributed by atoms with Crippen molar-refractivity contribution in [3.63, 3.8) is 0 Å². The second-order valence-electron chi connectivity index (χ2n) is 3.01. The van der Waals surface area contributed by atoms with Gasteiger partial charge in [-0.25, -0.2) is 0 Å². The van der Waals surface area contributed by atoms with E-state index in [9.17, 15) is 9.59 Å². The molecule has 0 spiro atoms. The molecule has 0 rings (SSSR count). The van der Waals surface area contributed by atoms with Crippen molar-refractivity contribution in [3.05, 3.63) is 0 Å². The third kappa shape index (κ3) is 8.36. The molecule has 0 heterocycles. The standard InChI is InChI=1S/C9H16O5SSi/c1-4-9(15)12-5-6-16(13-7(2)10)14-8(3)11/h16H,4-6H2,1-3H3. The maximum absolute atomic E-state index is 10.7. The van der Waals surface area contributed by atoms with Crippen LogP contribution in [0.15, 0.2) is 0 Å². The zero-order valence-electron chi connectivity index (χ0n) is 9.65. The molecule has 0 aliphatic carbocycles. The summed E-state index contributed by atoms with van der Waals surface area (Å²) >= 11 is 4.86. The Hall–Kier alpha value is -0.953. The quantitative estimate of drug-likeness (QED) is 0.528. The summed E-state index contributed by atoms with van der Waals surface area (Å²) in [7, 11) is -2.30. The maximum Gasteiger partial charge on any atom is 0.451 e. The molecule has 0 amide bonds. The Kier molecular flexibility index (Phi) is 7.74. The van der Waals surface area contributed by atoms with Gasteiger partial charge in [0.2, 0.25) is 0 Å². The predicted molar refractivity (Wildman–Crippen MR) is 64.3 cm³/mol. The Labute approximate surface area is 102 Å². The van der Waals surface area contributed by atoms with Gasteiger partial charge in [-0.1, -0.05) is 6.92 Å². The molecule has 92 valence electrons. The van der Waals surface area contributed by atoms with Gasteiger partial charge >= 0.3 is 9.28 Å². The molecule has 0 saturated heterocycles. The predicted octanol–water partition coefficient (Wildman–Crippen LogP) is 1.09. The second kappa shape index (κ2) is 8.23. The average Bonchev–Trinajstić information content (AvgIpc) is 2.15. The van der Waals surface area contributed by atoms with Gasteiger partial charge in [0.05, 0.1) is 6.61 Å². The lowest BCUT2D eigenvalue weighted by Crippen LogP contribution is -2.29. The van der Waals surface area contributed by atoms with Crippen molar-refractivity contribution in [2.24, 2.45) is 0 Å². The van der Waals surface area contributed by atoms with Gasteiger partial charge in [-0.3, -0.25) is 9.59 Å². The van der Waals surface area contributed by atoms with E-state index in [1.165, 1.54) is 13.8 Å². The molecule has 0 bridgehead atoms. The molecule has 0 N–H and O–H groups in total. The molecule has 0 fully saturated rings. The van der Waals surface area contributed by atoms with Crippen molar-refractivity contribution in [2.45, 2.75) is 33.2 Å². The van der Waals surface area contributed by atoms with E-state index >= 15 is 0 Å². The summed E-state index contributed by atoms with van der Waals surface area (Å²) in [4.78, 5) is 21.5. The third-order valence-corrected chi connectivity index (χ3v) is 3.80. The first kappa shape index (κ1) is 15.0. The Morgan fingerprint density at radius 1 is 1.19 bits per heavy atom. The summed E-state index contributed by atoms with van der Waals surface area (Å²) in [6.07, 6.45) is 0.655. The van der Waals surface area contributed by atoms with E-state index in [0.29, 0.717) is 24.1 Å². The maximum atomic E-state index is 10.7. The van der Waals surface area contributed by atoms with Gasteiger partial charge < -0.3 is 13.6 Å². The minimum absolute atomic E-state index is 0.310. The van der Waals surface area contributed by atoms with Crippen molar-refractivity contribution >= 4 is 38.5 Å². The van der Waals surface area contributed by atoms with Gasteiger partial charge in [0.15, 0.2) is 5.05 Å². The van der Waals surface area contributed by atoms with Crippen LogP contribution >= 0.6 is 12.2 Å². The molecule has 0 aromatic carbocycles. The molecule has 0 aromatic rings. The lowest BCUT2D eigenvalue weighted by atomic mass is 10.5. The number of thiocarbonyl (C=S) groups is 1. The highest BCUT2D eigenvalue weighted by Gasteiger charge is 2.20. The lowest BCUT2D eigenvalue weighted by Gasteiger charge is -2.14. The molecule has 0 aromatic heterocycles. The van der Waals surface area contributed by atoms with Gasteiger partial charge in [0.1, 0.15) is 0 Å². The van der Waals surface area contributed by atoms with E-state index in [1.54, 1.807) is 0 Å². The Morgan fingerprint density at radius 2 is 1.69 bits per heavy atom. The van der Waals surface area contributed by atoms with Crippen LogP contribution in [0.2, 0.25) is 6.04 Å². The fourth-order valence-corrected chi connectivity index (χ4v) is 2.30. The van der Waals surface area contributed by atoms with Crippen molar-refractivity contribution < 1.29 is 23.2 Å². The number of carbonyl (C=O) groups excluding carboxylic acids is 2.